The number of ketones is 1. The topological polar surface area (TPSA) is 79.5 Å². The zero-order chi connectivity index (χ0) is 21.6. The average Bonchev–Trinajstić information content (AvgIpc) is 3.31. The predicted molar refractivity (Wildman–Crippen MR) is 120 cm³/mol. The molecule has 6 heteroatoms. The van der Waals surface area contributed by atoms with E-state index in [-0.39, 0.29) is 17.7 Å². The normalized spacial score (nSPS) is 17.8. The van der Waals surface area contributed by atoms with E-state index in [1.54, 1.807) is 36.4 Å². The number of hydrogen-bond acceptors (Lipinski definition) is 5. The molecule has 0 radical (unpaired) electrons. The molecule has 0 spiro atoms. The number of amides is 1. The number of rotatable bonds is 7. The van der Waals surface area contributed by atoms with E-state index in [2.05, 4.69) is 16.2 Å². The molecule has 3 N–H and O–H groups in total. The van der Waals surface area contributed by atoms with Crippen LogP contribution < -0.4 is 20.9 Å². The van der Waals surface area contributed by atoms with Crippen molar-refractivity contribution < 1.29 is 14.3 Å². The smallest absolute Gasteiger partial charge is 0.242 e. The van der Waals surface area contributed by atoms with E-state index < -0.39 is 6.04 Å². The number of carbonyl (C=O) groups is 2. The summed E-state index contributed by atoms with van der Waals surface area (Å²) in [4.78, 5) is 25.8. The maximum atomic E-state index is 12.9. The number of carbonyl (C=O) groups excluding carboxylic acids is 2. The van der Waals surface area contributed by atoms with Crippen LogP contribution >= 0.6 is 0 Å². The van der Waals surface area contributed by atoms with Crippen LogP contribution in [0.25, 0.3) is 0 Å². The van der Waals surface area contributed by atoms with Gasteiger partial charge in [-0.1, -0.05) is 54.6 Å². The summed E-state index contributed by atoms with van der Waals surface area (Å²) in [5.74, 6) is 0.515. The highest BCUT2D eigenvalue weighted by molar-refractivity contribution is 6.14. The summed E-state index contributed by atoms with van der Waals surface area (Å²) in [6.07, 6.45) is 0.592. The van der Waals surface area contributed by atoms with E-state index in [9.17, 15) is 9.59 Å². The summed E-state index contributed by atoms with van der Waals surface area (Å²) in [5, 5.41) is 2.92. The molecular formula is C25H25N3O3. The van der Waals surface area contributed by atoms with Crippen molar-refractivity contribution in [3.8, 4) is 5.75 Å². The third-order valence-corrected chi connectivity index (χ3v) is 5.28. The van der Waals surface area contributed by atoms with Crippen molar-refractivity contribution in [3.63, 3.8) is 0 Å². The van der Waals surface area contributed by atoms with Crippen molar-refractivity contribution in [2.24, 2.45) is 0 Å². The highest BCUT2D eigenvalue weighted by atomic mass is 16.5. The summed E-state index contributed by atoms with van der Waals surface area (Å²) in [6, 6.07) is 23.6. The lowest BCUT2D eigenvalue weighted by atomic mass is 10.00. The van der Waals surface area contributed by atoms with E-state index in [0.717, 1.165) is 11.3 Å². The summed E-state index contributed by atoms with van der Waals surface area (Å²) in [7, 11) is 0. The van der Waals surface area contributed by atoms with Gasteiger partial charge in [0, 0.05) is 17.2 Å². The second kappa shape index (κ2) is 9.55. The third-order valence-electron chi connectivity index (χ3n) is 5.28. The minimum atomic E-state index is -0.420. The SMILES string of the molecule is CCOc1ccc(C2CC(C(=O)Nc3ccccc3C(=O)c3ccccc3)NN2)cc1. The number of hydrogen-bond donors (Lipinski definition) is 3. The zero-order valence-corrected chi connectivity index (χ0v) is 17.3. The Kier molecular flexibility index (Phi) is 6.40. The average molecular weight is 415 g/mol. The highest BCUT2D eigenvalue weighted by Crippen LogP contribution is 2.26. The first-order valence-corrected chi connectivity index (χ1v) is 10.4. The quantitative estimate of drug-likeness (QED) is 0.511. The lowest BCUT2D eigenvalue weighted by molar-refractivity contribution is -0.117. The molecule has 1 amide bonds. The highest BCUT2D eigenvalue weighted by Gasteiger charge is 2.30. The van der Waals surface area contributed by atoms with Crippen LogP contribution in [0.3, 0.4) is 0 Å². The molecule has 158 valence electrons. The number of ether oxygens (including phenoxy) is 1. The molecule has 0 bridgehead atoms. The first-order valence-electron chi connectivity index (χ1n) is 10.4. The van der Waals surface area contributed by atoms with Gasteiger partial charge < -0.3 is 10.1 Å². The standard InChI is InChI=1S/C25H25N3O3/c1-2-31-19-14-12-17(13-15-19)22-16-23(28-27-22)25(30)26-21-11-7-6-10-20(21)24(29)18-8-4-3-5-9-18/h3-15,22-23,27-28H,2,16H2,1H3,(H,26,30). The molecule has 0 aliphatic carbocycles. The van der Waals surface area contributed by atoms with Crippen LogP contribution in [0.2, 0.25) is 0 Å². The van der Waals surface area contributed by atoms with Crippen molar-refractivity contribution in [1.29, 1.82) is 0 Å². The Morgan fingerprint density at radius 3 is 2.39 bits per heavy atom. The summed E-state index contributed by atoms with van der Waals surface area (Å²) in [5.41, 5.74) is 8.89. The number of benzene rings is 3. The number of nitrogens with one attached hydrogen (secondary N) is 3. The van der Waals surface area contributed by atoms with Gasteiger partial charge in [0.1, 0.15) is 11.8 Å². The predicted octanol–water partition coefficient (Wildman–Crippen LogP) is 3.86. The van der Waals surface area contributed by atoms with Gasteiger partial charge in [-0.15, -0.1) is 0 Å². The lowest BCUT2D eigenvalue weighted by Gasteiger charge is -2.14. The fourth-order valence-electron chi connectivity index (χ4n) is 3.66. The van der Waals surface area contributed by atoms with E-state index >= 15 is 0 Å². The van der Waals surface area contributed by atoms with Crippen molar-refractivity contribution in [3.05, 3.63) is 95.6 Å². The van der Waals surface area contributed by atoms with Crippen LogP contribution in [0.15, 0.2) is 78.9 Å². The maximum Gasteiger partial charge on any atom is 0.242 e. The largest absolute Gasteiger partial charge is 0.494 e. The molecule has 1 aliphatic rings. The van der Waals surface area contributed by atoms with Crippen molar-refractivity contribution >= 4 is 17.4 Å². The Morgan fingerprint density at radius 2 is 1.65 bits per heavy atom. The molecule has 1 fully saturated rings. The first-order chi connectivity index (χ1) is 15.2. The zero-order valence-electron chi connectivity index (χ0n) is 17.3. The number of hydrazine groups is 1. The molecule has 31 heavy (non-hydrogen) atoms. The van der Waals surface area contributed by atoms with Gasteiger partial charge in [0.25, 0.3) is 0 Å². The Hall–Kier alpha value is -3.48. The monoisotopic (exact) mass is 415 g/mol. The van der Waals surface area contributed by atoms with E-state index in [1.165, 1.54) is 0 Å². The second-order valence-electron chi connectivity index (χ2n) is 7.36. The van der Waals surface area contributed by atoms with Gasteiger partial charge in [0.2, 0.25) is 5.91 Å². The van der Waals surface area contributed by atoms with Gasteiger partial charge in [-0.05, 0) is 43.2 Å². The third kappa shape index (κ3) is 4.82. The Morgan fingerprint density at radius 1 is 0.935 bits per heavy atom. The van der Waals surface area contributed by atoms with Crippen LogP contribution in [0.5, 0.6) is 5.75 Å². The van der Waals surface area contributed by atoms with Crippen LogP contribution in [-0.4, -0.2) is 24.3 Å². The van der Waals surface area contributed by atoms with E-state index in [4.69, 9.17) is 4.74 Å². The van der Waals surface area contributed by atoms with Crippen LogP contribution in [0, 0.1) is 0 Å². The maximum absolute atomic E-state index is 12.9. The van der Waals surface area contributed by atoms with Crippen molar-refractivity contribution in [2.75, 3.05) is 11.9 Å². The fourth-order valence-corrected chi connectivity index (χ4v) is 3.66. The number of anilines is 1. The summed E-state index contributed by atoms with van der Waals surface area (Å²) in [6.45, 7) is 2.57. The van der Waals surface area contributed by atoms with Crippen LogP contribution in [0.1, 0.15) is 40.9 Å². The molecule has 0 saturated carbocycles. The fraction of sp³-hybridized carbons (Fsp3) is 0.200. The summed E-state index contributed by atoms with van der Waals surface area (Å²) >= 11 is 0. The molecule has 1 aliphatic heterocycles. The molecule has 3 aromatic rings. The molecule has 2 unspecified atom stereocenters. The molecule has 1 heterocycles. The van der Waals surface area contributed by atoms with Gasteiger partial charge in [0.15, 0.2) is 5.78 Å². The molecule has 1 saturated heterocycles. The second-order valence-corrected chi connectivity index (χ2v) is 7.36. The van der Waals surface area contributed by atoms with E-state index in [0.29, 0.717) is 29.8 Å². The molecule has 3 aromatic carbocycles. The lowest BCUT2D eigenvalue weighted by Crippen LogP contribution is -2.39. The first kappa shape index (κ1) is 20.8. The molecule has 2 atom stereocenters. The molecule has 4 rings (SSSR count). The van der Waals surface area contributed by atoms with Crippen molar-refractivity contribution in [1.82, 2.24) is 10.9 Å². The summed E-state index contributed by atoms with van der Waals surface area (Å²) < 4.78 is 5.48. The minimum Gasteiger partial charge on any atom is -0.494 e. The Bertz CT molecular complexity index is 1050. The van der Waals surface area contributed by atoms with Gasteiger partial charge >= 0.3 is 0 Å². The van der Waals surface area contributed by atoms with Crippen LogP contribution in [-0.2, 0) is 4.79 Å². The van der Waals surface area contributed by atoms with Gasteiger partial charge in [-0.25, -0.2) is 10.9 Å². The Labute approximate surface area is 181 Å². The van der Waals surface area contributed by atoms with Crippen LogP contribution in [0.4, 0.5) is 5.69 Å². The van der Waals surface area contributed by atoms with Gasteiger partial charge in [-0.2, -0.15) is 0 Å². The minimum absolute atomic E-state index is 0.00706. The van der Waals surface area contributed by atoms with Gasteiger partial charge in [0.05, 0.1) is 12.3 Å². The number of para-hydroxylation sites is 1. The molecular weight excluding hydrogens is 390 g/mol. The molecule has 0 aromatic heterocycles. The van der Waals surface area contributed by atoms with Gasteiger partial charge in [-0.3, -0.25) is 9.59 Å². The Balaban J connectivity index is 1.43. The van der Waals surface area contributed by atoms with E-state index in [1.807, 2.05) is 49.4 Å². The molecule has 6 nitrogen and oxygen atoms in total. The van der Waals surface area contributed by atoms with Crippen molar-refractivity contribution in [2.45, 2.75) is 25.4 Å².